The molecule has 0 unspecified atom stereocenters. The number of carbonyl (C=O) groups is 1. The van der Waals surface area contributed by atoms with E-state index in [9.17, 15) is 9.18 Å². The number of halogens is 1. The van der Waals surface area contributed by atoms with Gasteiger partial charge >= 0.3 is 0 Å². The maximum absolute atomic E-state index is 13.4. The third-order valence-corrected chi connectivity index (χ3v) is 4.25. The lowest BCUT2D eigenvalue weighted by molar-refractivity contribution is 0.0608. The van der Waals surface area contributed by atoms with Gasteiger partial charge in [-0.3, -0.25) is 4.79 Å². The number of benzene rings is 1. The van der Waals surface area contributed by atoms with E-state index in [2.05, 4.69) is 20.8 Å². The fraction of sp³-hybridized carbons (Fsp3) is 0.562. The lowest BCUT2D eigenvalue weighted by atomic mass is 9.75. The summed E-state index contributed by atoms with van der Waals surface area (Å²) in [5, 5.41) is 0. The Morgan fingerprint density at radius 3 is 2.40 bits per heavy atom. The minimum atomic E-state index is -0.527. The highest BCUT2D eigenvalue weighted by Gasteiger charge is 2.30. The van der Waals surface area contributed by atoms with E-state index in [1.807, 2.05) is 4.90 Å². The molecule has 0 atom stereocenters. The SMILES string of the molecule is CC(C)(C)C1CCN(C(=O)c2ccc(N)c(F)c2)CC1. The Bertz CT molecular complexity index is 500. The van der Waals surface area contributed by atoms with Crippen LogP contribution in [0, 0.1) is 17.2 Å². The summed E-state index contributed by atoms with van der Waals surface area (Å²) in [5.74, 6) is 0.00592. The van der Waals surface area contributed by atoms with Gasteiger partial charge in [0.15, 0.2) is 0 Å². The van der Waals surface area contributed by atoms with Crippen LogP contribution in [-0.2, 0) is 0 Å². The van der Waals surface area contributed by atoms with E-state index >= 15 is 0 Å². The maximum Gasteiger partial charge on any atom is 0.253 e. The highest BCUT2D eigenvalue weighted by molar-refractivity contribution is 5.94. The van der Waals surface area contributed by atoms with Gasteiger partial charge in [-0.1, -0.05) is 20.8 Å². The zero-order chi connectivity index (χ0) is 14.9. The third-order valence-electron chi connectivity index (χ3n) is 4.25. The molecule has 3 nitrogen and oxygen atoms in total. The monoisotopic (exact) mass is 278 g/mol. The highest BCUT2D eigenvalue weighted by Crippen LogP contribution is 2.34. The normalized spacial score (nSPS) is 17.3. The number of nitrogen functional groups attached to an aromatic ring is 1. The Kier molecular flexibility index (Phi) is 4.02. The third kappa shape index (κ3) is 3.11. The highest BCUT2D eigenvalue weighted by atomic mass is 19.1. The first-order valence-corrected chi connectivity index (χ1v) is 7.13. The summed E-state index contributed by atoms with van der Waals surface area (Å²) in [5.41, 5.74) is 6.17. The molecule has 1 saturated heterocycles. The minimum absolute atomic E-state index is 0.0768. The van der Waals surface area contributed by atoms with E-state index in [-0.39, 0.29) is 17.0 Å². The van der Waals surface area contributed by atoms with E-state index in [0.29, 0.717) is 11.5 Å². The van der Waals surface area contributed by atoms with Crippen LogP contribution >= 0.6 is 0 Å². The predicted molar refractivity (Wildman–Crippen MR) is 78.9 cm³/mol. The van der Waals surface area contributed by atoms with Crippen molar-refractivity contribution >= 4 is 11.6 Å². The molecular weight excluding hydrogens is 255 g/mol. The molecule has 0 saturated carbocycles. The molecule has 0 aliphatic carbocycles. The second-order valence-corrected chi connectivity index (χ2v) is 6.67. The maximum atomic E-state index is 13.4. The van der Waals surface area contributed by atoms with Crippen molar-refractivity contribution in [3.05, 3.63) is 29.6 Å². The fourth-order valence-corrected chi connectivity index (χ4v) is 2.79. The molecule has 2 N–H and O–H groups in total. The van der Waals surface area contributed by atoms with Crippen LogP contribution in [0.1, 0.15) is 44.0 Å². The molecule has 2 rings (SSSR count). The summed E-state index contributed by atoms with van der Waals surface area (Å²) in [7, 11) is 0. The molecule has 1 fully saturated rings. The van der Waals surface area contributed by atoms with Gasteiger partial charge in [-0.2, -0.15) is 0 Å². The second-order valence-electron chi connectivity index (χ2n) is 6.67. The van der Waals surface area contributed by atoms with Crippen molar-refractivity contribution in [1.29, 1.82) is 0 Å². The van der Waals surface area contributed by atoms with E-state index in [1.54, 1.807) is 6.07 Å². The Balaban J connectivity index is 2.03. The van der Waals surface area contributed by atoms with Gasteiger partial charge < -0.3 is 10.6 Å². The first kappa shape index (κ1) is 14.8. The molecule has 1 aromatic carbocycles. The molecule has 20 heavy (non-hydrogen) atoms. The standard InChI is InChI=1S/C16H23FN2O/c1-16(2,3)12-6-8-19(9-7-12)15(20)11-4-5-14(18)13(17)10-11/h4-5,10,12H,6-9,18H2,1-3H3. The summed E-state index contributed by atoms with van der Waals surface area (Å²) in [6.07, 6.45) is 2.01. The molecule has 0 spiro atoms. The molecule has 4 heteroatoms. The van der Waals surface area contributed by atoms with Crippen molar-refractivity contribution in [2.75, 3.05) is 18.8 Å². The summed E-state index contributed by atoms with van der Waals surface area (Å²) in [6.45, 7) is 8.21. The van der Waals surface area contributed by atoms with Crippen LogP contribution in [0.25, 0.3) is 0 Å². The Morgan fingerprint density at radius 1 is 1.30 bits per heavy atom. The molecule has 0 bridgehead atoms. The number of nitrogens with zero attached hydrogens (tertiary/aromatic N) is 1. The van der Waals surface area contributed by atoms with Gasteiger partial charge in [-0.25, -0.2) is 4.39 Å². The van der Waals surface area contributed by atoms with Crippen LogP contribution < -0.4 is 5.73 Å². The molecule has 0 aromatic heterocycles. The van der Waals surface area contributed by atoms with Crippen molar-refractivity contribution in [3.63, 3.8) is 0 Å². The molecule has 1 amide bonds. The van der Waals surface area contributed by atoms with Crippen molar-refractivity contribution in [1.82, 2.24) is 4.90 Å². The van der Waals surface area contributed by atoms with Crippen LogP contribution in [0.3, 0.4) is 0 Å². The van der Waals surface area contributed by atoms with Gasteiger partial charge in [-0.05, 0) is 42.4 Å². The predicted octanol–water partition coefficient (Wildman–Crippen LogP) is 3.31. The second kappa shape index (κ2) is 5.43. The van der Waals surface area contributed by atoms with Crippen molar-refractivity contribution in [3.8, 4) is 0 Å². The first-order chi connectivity index (χ1) is 9.29. The summed E-state index contributed by atoms with van der Waals surface area (Å²) < 4.78 is 13.4. The molecule has 0 radical (unpaired) electrons. The number of rotatable bonds is 1. The average molecular weight is 278 g/mol. The molecule has 1 aliphatic rings. The van der Waals surface area contributed by atoms with Gasteiger partial charge in [0.2, 0.25) is 0 Å². The van der Waals surface area contributed by atoms with E-state index in [4.69, 9.17) is 5.73 Å². The summed E-state index contributed by atoms with van der Waals surface area (Å²) >= 11 is 0. The number of piperidine rings is 1. The quantitative estimate of drug-likeness (QED) is 0.801. The van der Waals surface area contributed by atoms with Crippen molar-refractivity contribution in [2.24, 2.45) is 11.3 Å². The average Bonchev–Trinajstić information content (AvgIpc) is 2.40. The van der Waals surface area contributed by atoms with Gasteiger partial charge in [-0.15, -0.1) is 0 Å². The minimum Gasteiger partial charge on any atom is -0.396 e. The van der Waals surface area contributed by atoms with Crippen molar-refractivity contribution in [2.45, 2.75) is 33.6 Å². The molecular formula is C16H23FN2O. The number of anilines is 1. The van der Waals surface area contributed by atoms with Crippen LogP contribution in [0.4, 0.5) is 10.1 Å². The number of nitrogens with two attached hydrogens (primary N) is 1. The van der Waals surface area contributed by atoms with Gasteiger partial charge in [0.05, 0.1) is 5.69 Å². The molecule has 1 aromatic rings. The molecule has 110 valence electrons. The largest absolute Gasteiger partial charge is 0.396 e. The number of likely N-dealkylation sites (tertiary alicyclic amines) is 1. The summed E-state index contributed by atoms with van der Waals surface area (Å²) in [4.78, 5) is 14.2. The van der Waals surface area contributed by atoms with Gasteiger partial charge in [0, 0.05) is 18.7 Å². The number of amides is 1. The fourth-order valence-electron chi connectivity index (χ4n) is 2.79. The van der Waals surface area contributed by atoms with Crippen molar-refractivity contribution < 1.29 is 9.18 Å². The molecule has 1 heterocycles. The lowest BCUT2D eigenvalue weighted by Crippen LogP contribution is -2.41. The Labute approximate surface area is 120 Å². The van der Waals surface area contributed by atoms with E-state index in [0.717, 1.165) is 25.9 Å². The number of hydrogen-bond acceptors (Lipinski definition) is 2. The summed E-state index contributed by atoms with van der Waals surface area (Å²) in [6, 6.07) is 4.27. The zero-order valence-electron chi connectivity index (χ0n) is 12.4. The number of carbonyl (C=O) groups excluding carboxylic acids is 1. The smallest absolute Gasteiger partial charge is 0.253 e. The topological polar surface area (TPSA) is 46.3 Å². The first-order valence-electron chi connectivity index (χ1n) is 7.13. The van der Waals surface area contributed by atoms with E-state index < -0.39 is 5.82 Å². The molecule has 1 aliphatic heterocycles. The van der Waals surface area contributed by atoms with E-state index in [1.165, 1.54) is 12.1 Å². The zero-order valence-corrected chi connectivity index (χ0v) is 12.4. The Morgan fingerprint density at radius 2 is 1.90 bits per heavy atom. The lowest BCUT2D eigenvalue weighted by Gasteiger charge is -2.38. The van der Waals surface area contributed by atoms with Gasteiger partial charge in [0.25, 0.3) is 5.91 Å². The Hall–Kier alpha value is -1.58. The van der Waals surface area contributed by atoms with Crippen LogP contribution in [0.15, 0.2) is 18.2 Å². The van der Waals surface area contributed by atoms with Crippen LogP contribution in [0.5, 0.6) is 0 Å². The number of hydrogen-bond donors (Lipinski definition) is 1. The van der Waals surface area contributed by atoms with Gasteiger partial charge in [0.1, 0.15) is 5.82 Å². The van der Waals surface area contributed by atoms with Crippen LogP contribution in [0.2, 0.25) is 0 Å². The van der Waals surface area contributed by atoms with Crippen LogP contribution in [-0.4, -0.2) is 23.9 Å².